The Hall–Kier alpha value is -0.250. The molecule has 78 valence electrons. The van der Waals surface area contributed by atoms with E-state index in [1.54, 1.807) is 0 Å². The molecular weight excluding hydrogens is 179 g/mol. The maximum Gasteiger partial charge on any atom is 0.401 e. The zero-order valence-electron chi connectivity index (χ0n) is 7.82. The molecule has 1 nitrogen and oxygen atoms in total. The maximum atomic E-state index is 11.9. The molecule has 0 bridgehead atoms. The molecule has 1 rings (SSSR count). The molecule has 0 aromatic heterocycles. The number of alkyl halides is 3. The molecule has 0 spiro atoms. The number of nitrogens with one attached hydrogen (secondary N) is 1. The molecule has 0 amide bonds. The van der Waals surface area contributed by atoms with Crippen LogP contribution in [0.25, 0.3) is 0 Å². The molecule has 0 unspecified atom stereocenters. The van der Waals surface area contributed by atoms with Gasteiger partial charge in [-0.05, 0) is 18.8 Å². The van der Waals surface area contributed by atoms with Crippen molar-refractivity contribution in [3.63, 3.8) is 0 Å². The van der Waals surface area contributed by atoms with Gasteiger partial charge in [0.05, 0.1) is 6.54 Å². The van der Waals surface area contributed by atoms with Gasteiger partial charge in [0, 0.05) is 6.04 Å². The molecule has 2 atom stereocenters. The molecule has 0 aliphatic heterocycles. The van der Waals surface area contributed by atoms with Gasteiger partial charge in [-0.15, -0.1) is 0 Å². The van der Waals surface area contributed by atoms with Gasteiger partial charge in [0.2, 0.25) is 0 Å². The normalized spacial score (nSPS) is 30.5. The highest BCUT2D eigenvalue weighted by molar-refractivity contribution is 4.78. The lowest BCUT2D eigenvalue weighted by Gasteiger charge is -2.29. The monoisotopic (exact) mass is 195 g/mol. The lowest BCUT2D eigenvalue weighted by molar-refractivity contribution is -0.127. The maximum absolute atomic E-state index is 11.9. The summed E-state index contributed by atoms with van der Waals surface area (Å²) >= 11 is 0. The van der Waals surface area contributed by atoms with Gasteiger partial charge in [-0.1, -0.05) is 19.8 Å². The molecular formula is C9H16F3N. The van der Waals surface area contributed by atoms with Crippen molar-refractivity contribution < 1.29 is 13.2 Å². The van der Waals surface area contributed by atoms with Crippen LogP contribution in [0.15, 0.2) is 0 Å². The summed E-state index contributed by atoms with van der Waals surface area (Å²) in [5, 5.41) is 2.59. The lowest BCUT2D eigenvalue weighted by Crippen LogP contribution is -2.42. The van der Waals surface area contributed by atoms with Crippen LogP contribution in [0.5, 0.6) is 0 Å². The van der Waals surface area contributed by atoms with Crippen LogP contribution in [-0.4, -0.2) is 18.8 Å². The van der Waals surface area contributed by atoms with E-state index in [0.29, 0.717) is 5.92 Å². The van der Waals surface area contributed by atoms with Crippen LogP contribution in [-0.2, 0) is 0 Å². The predicted octanol–water partition coefficient (Wildman–Crippen LogP) is 2.72. The molecule has 0 saturated heterocycles. The van der Waals surface area contributed by atoms with E-state index < -0.39 is 12.7 Å². The Bertz CT molecular complexity index is 155. The molecule has 1 N–H and O–H groups in total. The van der Waals surface area contributed by atoms with Crippen molar-refractivity contribution in [1.29, 1.82) is 0 Å². The quantitative estimate of drug-likeness (QED) is 0.714. The second-order valence-electron chi connectivity index (χ2n) is 3.86. The number of hydrogen-bond donors (Lipinski definition) is 1. The van der Waals surface area contributed by atoms with Gasteiger partial charge < -0.3 is 5.32 Å². The molecule has 0 aromatic rings. The van der Waals surface area contributed by atoms with Gasteiger partial charge in [-0.3, -0.25) is 0 Å². The molecule has 1 aliphatic carbocycles. The largest absolute Gasteiger partial charge is 0.401 e. The van der Waals surface area contributed by atoms with Crippen molar-refractivity contribution in [3.8, 4) is 0 Å². The lowest BCUT2D eigenvalue weighted by atomic mass is 9.86. The average Bonchev–Trinajstić information content (AvgIpc) is 2.01. The van der Waals surface area contributed by atoms with E-state index in [1.807, 2.05) is 6.92 Å². The first-order valence-corrected chi connectivity index (χ1v) is 4.79. The van der Waals surface area contributed by atoms with E-state index in [4.69, 9.17) is 0 Å². The Balaban J connectivity index is 2.27. The van der Waals surface area contributed by atoms with Gasteiger partial charge in [0.1, 0.15) is 0 Å². The smallest absolute Gasteiger partial charge is 0.306 e. The summed E-state index contributed by atoms with van der Waals surface area (Å²) in [5.74, 6) is 0.385. The fourth-order valence-electron chi connectivity index (χ4n) is 1.87. The summed E-state index contributed by atoms with van der Waals surface area (Å²) < 4.78 is 35.6. The minimum absolute atomic E-state index is 0.0652. The highest BCUT2D eigenvalue weighted by Gasteiger charge is 2.30. The van der Waals surface area contributed by atoms with Crippen LogP contribution in [0.3, 0.4) is 0 Å². The Morgan fingerprint density at radius 1 is 1.23 bits per heavy atom. The minimum Gasteiger partial charge on any atom is -0.306 e. The first kappa shape index (κ1) is 10.8. The standard InChI is InChI=1S/C9H16F3N/c1-7-4-2-3-5-8(7)13-6-9(10,11)12/h7-8,13H,2-6H2,1H3/t7-,8-/m0/s1. The third-order valence-corrected chi connectivity index (χ3v) is 2.68. The second-order valence-corrected chi connectivity index (χ2v) is 3.86. The van der Waals surface area contributed by atoms with Crippen LogP contribution >= 0.6 is 0 Å². The molecule has 0 radical (unpaired) electrons. The third kappa shape index (κ3) is 3.98. The summed E-state index contributed by atoms with van der Waals surface area (Å²) in [6.07, 6.45) is 0.0785. The van der Waals surface area contributed by atoms with Gasteiger partial charge in [0.15, 0.2) is 0 Å². The Labute approximate surface area is 76.7 Å². The van der Waals surface area contributed by atoms with Crippen LogP contribution in [0.4, 0.5) is 13.2 Å². The molecule has 0 aromatic carbocycles. The van der Waals surface area contributed by atoms with Crippen LogP contribution in [0.1, 0.15) is 32.6 Å². The van der Waals surface area contributed by atoms with E-state index in [0.717, 1.165) is 25.7 Å². The highest BCUT2D eigenvalue weighted by Crippen LogP contribution is 2.24. The summed E-state index contributed by atoms with van der Waals surface area (Å²) in [5.41, 5.74) is 0. The van der Waals surface area contributed by atoms with Crippen LogP contribution in [0.2, 0.25) is 0 Å². The van der Waals surface area contributed by atoms with E-state index in [9.17, 15) is 13.2 Å². The van der Waals surface area contributed by atoms with Crippen LogP contribution in [0, 0.1) is 5.92 Å². The van der Waals surface area contributed by atoms with Crippen molar-refractivity contribution in [2.75, 3.05) is 6.54 Å². The molecule has 13 heavy (non-hydrogen) atoms. The van der Waals surface area contributed by atoms with Crippen molar-refractivity contribution in [1.82, 2.24) is 5.32 Å². The topological polar surface area (TPSA) is 12.0 Å². The van der Waals surface area contributed by atoms with Gasteiger partial charge in [-0.2, -0.15) is 13.2 Å². The first-order chi connectivity index (χ1) is 5.99. The van der Waals surface area contributed by atoms with Crippen molar-refractivity contribution in [2.45, 2.75) is 44.8 Å². The van der Waals surface area contributed by atoms with Crippen LogP contribution < -0.4 is 5.32 Å². The highest BCUT2D eigenvalue weighted by atomic mass is 19.4. The summed E-state index contributed by atoms with van der Waals surface area (Å²) in [6.45, 7) is 1.18. The predicted molar refractivity (Wildman–Crippen MR) is 45.5 cm³/mol. The molecule has 1 aliphatic rings. The van der Waals surface area contributed by atoms with Gasteiger partial charge in [0.25, 0.3) is 0 Å². The summed E-state index contributed by atoms with van der Waals surface area (Å²) in [4.78, 5) is 0. The minimum atomic E-state index is -4.07. The summed E-state index contributed by atoms with van der Waals surface area (Å²) in [6, 6.07) is 0.0652. The average molecular weight is 195 g/mol. The molecule has 4 heteroatoms. The summed E-state index contributed by atoms with van der Waals surface area (Å²) in [7, 11) is 0. The van der Waals surface area contributed by atoms with Crippen molar-refractivity contribution in [3.05, 3.63) is 0 Å². The number of halogens is 3. The van der Waals surface area contributed by atoms with E-state index in [-0.39, 0.29) is 6.04 Å². The van der Waals surface area contributed by atoms with E-state index >= 15 is 0 Å². The van der Waals surface area contributed by atoms with Crippen molar-refractivity contribution >= 4 is 0 Å². The number of rotatable bonds is 2. The third-order valence-electron chi connectivity index (χ3n) is 2.68. The molecule has 1 fully saturated rings. The zero-order valence-corrected chi connectivity index (χ0v) is 7.82. The van der Waals surface area contributed by atoms with E-state index in [1.165, 1.54) is 0 Å². The zero-order chi connectivity index (χ0) is 9.90. The Morgan fingerprint density at radius 3 is 2.38 bits per heavy atom. The fourth-order valence-corrected chi connectivity index (χ4v) is 1.87. The second kappa shape index (κ2) is 4.31. The Morgan fingerprint density at radius 2 is 1.85 bits per heavy atom. The molecule has 1 saturated carbocycles. The number of hydrogen-bond acceptors (Lipinski definition) is 1. The first-order valence-electron chi connectivity index (χ1n) is 4.79. The SMILES string of the molecule is C[C@H]1CCCC[C@@H]1NCC(F)(F)F. The fraction of sp³-hybridized carbons (Fsp3) is 1.00. The van der Waals surface area contributed by atoms with Gasteiger partial charge in [-0.25, -0.2) is 0 Å². The van der Waals surface area contributed by atoms with Gasteiger partial charge >= 0.3 is 6.18 Å². The van der Waals surface area contributed by atoms with Crippen molar-refractivity contribution in [2.24, 2.45) is 5.92 Å². The Kier molecular flexibility index (Phi) is 3.59. The van der Waals surface area contributed by atoms with E-state index in [2.05, 4.69) is 5.32 Å². The molecule has 0 heterocycles.